The fourth-order valence-electron chi connectivity index (χ4n) is 2.03. The van der Waals surface area contributed by atoms with Crippen LogP contribution in [0.5, 0.6) is 0 Å². The van der Waals surface area contributed by atoms with Gasteiger partial charge in [-0.25, -0.2) is 8.78 Å². The molecule has 1 aromatic heterocycles. The van der Waals surface area contributed by atoms with Crippen molar-refractivity contribution >= 4 is 0 Å². The lowest BCUT2D eigenvalue weighted by Gasteiger charge is -2.11. The molecule has 0 bridgehead atoms. The normalized spacial score (nSPS) is 12.6. The average Bonchev–Trinajstić information content (AvgIpc) is 2.91. The van der Waals surface area contributed by atoms with Gasteiger partial charge in [0, 0.05) is 6.07 Å². The van der Waals surface area contributed by atoms with Gasteiger partial charge in [-0.05, 0) is 31.0 Å². The Morgan fingerprint density at radius 3 is 2.71 bits per heavy atom. The first-order valence-corrected chi connectivity index (χ1v) is 7.13. The van der Waals surface area contributed by atoms with Crippen LogP contribution < -0.4 is 5.32 Å². The number of rotatable bonds is 7. The van der Waals surface area contributed by atoms with Gasteiger partial charge in [-0.3, -0.25) is 0 Å². The summed E-state index contributed by atoms with van der Waals surface area (Å²) in [6, 6.07) is 3.46. The first-order valence-electron chi connectivity index (χ1n) is 7.13. The van der Waals surface area contributed by atoms with Crippen molar-refractivity contribution in [1.29, 1.82) is 0 Å². The summed E-state index contributed by atoms with van der Waals surface area (Å²) in [5.74, 6) is -0.376. The first-order chi connectivity index (χ1) is 10.1. The standard InChI is InChI=1S/C15H19F2N3O/c1-3-7-18-13(4-2)15-20-19-14(21-15)8-10-5-6-11(16)9-12(10)17/h5-6,9,13,18H,3-4,7-8H2,1-2H3. The second kappa shape index (κ2) is 7.26. The van der Waals surface area contributed by atoms with Gasteiger partial charge in [0.15, 0.2) is 0 Å². The fraction of sp³-hybridized carbons (Fsp3) is 0.467. The largest absolute Gasteiger partial charge is 0.423 e. The Hall–Kier alpha value is -1.82. The Morgan fingerprint density at radius 2 is 2.05 bits per heavy atom. The van der Waals surface area contributed by atoms with Gasteiger partial charge in [0.05, 0.1) is 12.5 Å². The Labute approximate surface area is 122 Å². The van der Waals surface area contributed by atoms with Gasteiger partial charge in [0.2, 0.25) is 11.8 Å². The summed E-state index contributed by atoms with van der Waals surface area (Å²) in [7, 11) is 0. The van der Waals surface area contributed by atoms with E-state index in [9.17, 15) is 8.78 Å². The molecule has 1 unspecified atom stereocenters. The number of nitrogens with one attached hydrogen (secondary N) is 1. The molecule has 0 aliphatic heterocycles. The molecule has 0 aliphatic carbocycles. The Balaban J connectivity index is 2.08. The highest BCUT2D eigenvalue weighted by Crippen LogP contribution is 2.18. The summed E-state index contributed by atoms with van der Waals surface area (Å²) >= 11 is 0. The van der Waals surface area contributed by atoms with Crippen molar-refractivity contribution in [2.24, 2.45) is 0 Å². The quantitative estimate of drug-likeness (QED) is 0.850. The predicted molar refractivity (Wildman–Crippen MR) is 74.8 cm³/mol. The molecule has 1 heterocycles. The Morgan fingerprint density at radius 1 is 1.24 bits per heavy atom. The number of aromatic nitrogens is 2. The zero-order valence-electron chi connectivity index (χ0n) is 12.2. The summed E-state index contributed by atoms with van der Waals surface area (Å²) < 4.78 is 32.0. The van der Waals surface area contributed by atoms with E-state index in [-0.39, 0.29) is 12.5 Å². The third-order valence-corrected chi connectivity index (χ3v) is 3.19. The van der Waals surface area contributed by atoms with Gasteiger partial charge in [-0.2, -0.15) is 0 Å². The Bertz CT molecular complexity index is 586. The van der Waals surface area contributed by atoms with E-state index in [4.69, 9.17) is 4.42 Å². The second-order valence-electron chi connectivity index (χ2n) is 4.86. The molecule has 6 heteroatoms. The maximum Gasteiger partial charge on any atom is 0.233 e. The molecule has 0 radical (unpaired) electrons. The van der Waals surface area contributed by atoms with Gasteiger partial charge < -0.3 is 9.73 Å². The van der Waals surface area contributed by atoms with Crippen molar-refractivity contribution in [2.45, 2.75) is 39.2 Å². The maximum absolute atomic E-state index is 13.6. The zero-order valence-corrected chi connectivity index (χ0v) is 12.2. The molecular weight excluding hydrogens is 276 g/mol. The lowest BCUT2D eigenvalue weighted by atomic mass is 10.1. The van der Waals surface area contributed by atoms with Crippen molar-refractivity contribution < 1.29 is 13.2 Å². The smallest absolute Gasteiger partial charge is 0.233 e. The number of nitrogens with zero attached hydrogens (tertiary/aromatic N) is 2. The van der Waals surface area contributed by atoms with Crippen molar-refractivity contribution in [3.63, 3.8) is 0 Å². The van der Waals surface area contributed by atoms with E-state index in [2.05, 4.69) is 22.4 Å². The summed E-state index contributed by atoms with van der Waals surface area (Å²) in [6.07, 6.45) is 1.99. The van der Waals surface area contributed by atoms with Crippen LogP contribution in [-0.2, 0) is 6.42 Å². The molecule has 0 saturated carbocycles. The third-order valence-electron chi connectivity index (χ3n) is 3.19. The van der Waals surface area contributed by atoms with Crippen LogP contribution in [0.1, 0.15) is 50.1 Å². The lowest BCUT2D eigenvalue weighted by molar-refractivity contribution is 0.375. The van der Waals surface area contributed by atoms with Gasteiger partial charge in [0.25, 0.3) is 0 Å². The van der Waals surface area contributed by atoms with Crippen LogP contribution in [0.25, 0.3) is 0 Å². The van der Waals surface area contributed by atoms with Crippen LogP contribution in [0.2, 0.25) is 0 Å². The molecule has 114 valence electrons. The van der Waals surface area contributed by atoms with Gasteiger partial charge in [0.1, 0.15) is 11.6 Å². The van der Waals surface area contributed by atoms with Crippen molar-refractivity contribution in [3.8, 4) is 0 Å². The van der Waals surface area contributed by atoms with E-state index in [1.165, 1.54) is 12.1 Å². The molecule has 21 heavy (non-hydrogen) atoms. The van der Waals surface area contributed by atoms with E-state index in [1.54, 1.807) is 0 Å². The molecule has 2 rings (SSSR count). The molecule has 1 aromatic carbocycles. The van der Waals surface area contributed by atoms with Crippen molar-refractivity contribution in [3.05, 3.63) is 47.2 Å². The lowest BCUT2D eigenvalue weighted by Crippen LogP contribution is -2.21. The number of halogens is 2. The van der Waals surface area contributed by atoms with E-state index in [0.29, 0.717) is 17.3 Å². The summed E-state index contributed by atoms with van der Waals surface area (Å²) in [5.41, 5.74) is 0.334. The van der Waals surface area contributed by atoms with E-state index >= 15 is 0 Å². The van der Waals surface area contributed by atoms with Crippen LogP contribution in [0.3, 0.4) is 0 Å². The van der Waals surface area contributed by atoms with Crippen molar-refractivity contribution in [1.82, 2.24) is 15.5 Å². The minimum absolute atomic E-state index is 0.00395. The molecule has 0 aliphatic rings. The van der Waals surface area contributed by atoms with E-state index in [0.717, 1.165) is 25.5 Å². The molecule has 0 spiro atoms. The van der Waals surface area contributed by atoms with Gasteiger partial charge >= 0.3 is 0 Å². The molecule has 1 N–H and O–H groups in total. The predicted octanol–water partition coefficient (Wildman–Crippen LogP) is 3.39. The summed E-state index contributed by atoms with van der Waals surface area (Å²) in [5, 5.41) is 11.3. The highest BCUT2D eigenvalue weighted by Gasteiger charge is 2.17. The second-order valence-corrected chi connectivity index (χ2v) is 4.86. The monoisotopic (exact) mass is 295 g/mol. The zero-order chi connectivity index (χ0) is 15.2. The van der Waals surface area contributed by atoms with Crippen LogP contribution >= 0.6 is 0 Å². The molecular formula is C15H19F2N3O. The molecule has 2 aromatic rings. The van der Waals surface area contributed by atoms with E-state index in [1.807, 2.05) is 6.92 Å². The number of hydrogen-bond donors (Lipinski definition) is 1. The molecule has 0 fully saturated rings. The van der Waals surface area contributed by atoms with Crippen LogP contribution in [0.4, 0.5) is 8.78 Å². The number of hydrogen-bond acceptors (Lipinski definition) is 4. The fourth-order valence-corrected chi connectivity index (χ4v) is 2.03. The maximum atomic E-state index is 13.6. The topological polar surface area (TPSA) is 51.0 Å². The number of benzene rings is 1. The van der Waals surface area contributed by atoms with Crippen LogP contribution in [0, 0.1) is 11.6 Å². The van der Waals surface area contributed by atoms with Gasteiger partial charge in [-0.15, -0.1) is 10.2 Å². The highest BCUT2D eigenvalue weighted by molar-refractivity contribution is 5.21. The Kier molecular flexibility index (Phi) is 5.38. The van der Waals surface area contributed by atoms with Crippen molar-refractivity contribution in [2.75, 3.05) is 6.54 Å². The first kappa shape index (κ1) is 15.6. The molecule has 1 atom stereocenters. The third kappa shape index (κ3) is 4.07. The summed E-state index contributed by atoms with van der Waals surface area (Å²) in [4.78, 5) is 0. The minimum atomic E-state index is -0.606. The SMILES string of the molecule is CCCNC(CC)c1nnc(Cc2ccc(F)cc2F)o1. The van der Waals surface area contributed by atoms with Crippen LogP contribution in [0.15, 0.2) is 22.6 Å². The minimum Gasteiger partial charge on any atom is -0.423 e. The van der Waals surface area contributed by atoms with E-state index < -0.39 is 11.6 Å². The molecule has 0 amide bonds. The summed E-state index contributed by atoms with van der Waals surface area (Å²) in [6.45, 7) is 4.97. The van der Waals surface area contributed by atoms with Crippen LogP contribution in [-0.4, -0.2) is 16.7 Å². The van der Waals surface area contributed by atoms with Gasteiger partial charge in [-0.1, -0.05) is 19.9 Å². The molecule has 4 nitrogen and oxygen atoms in total. The average molecular weight is 295 g/mol. The highest BCUT2D eigenvalue weighted by atomic mass is 19.1. The molecule has 0 saturated heterocycles.